The van der Waals surface area contributed by atoms with Crippen LogP contribution < -0.4 is 10.5 Å². The maximum Gasteiger partial charge on any atom is 0.145 e. The average molecular weight is 261 g/mol. The van der Waals surface area contributed by atoms with Crippen molar-refractivity contribution in [2.45, 2.75) is 44.1 Å². The lowest BCUT2D eigenvalue weighted by atomic mass is 9.54. The van der Waals surface area contributed by atoms with Crippen molar-refractivity contribution in [2.24, 2.45) is 17.8 Å². The van der Waals surface area contributed by atoms with Gasteiger partial charge in [0.1, 0.15) is 17.2 Å². The molecule has 4 saturated carbocycles. The smallest absolute Gasteiger partial charge is 0.145 e. The van der Waals surface area contributed by atoms with E-state index in [0.29, 0.717) is 11.4 Å². The minimum Gasteiger partial charge on any atom is -0.485 e. The molecule has 1 aromatic carbocycles. The standard InChI is InChI=1S/C16H20FNO/c17-13-1-2-14(18)15(6-13)19-16-7-10-3-11(8-16)5-12(4-10)9-16/h1-2,6,10-12H,3-5,7-9,18H2. The number of halogens is 1. The summed E-state index contributed by atoms with van der Waals surface area (Å²) in [5.41, 5.74) is 6.42. The molecule has 0 aromatic heterocycles. The van der Waals surface area contributed by atoms with Crippen molar-refractivity contribution in [2.75, 3.05) is 5.73 Å². The average Bonchev–Trinajstić information content (AvgIpc) is 2.31. The second-order valence-electron chi connectivity index (χ2n) is 6.88. The van der Waals surface area contributed by atoms with Gasteiger partial charge in [-0.25, -0.2) is 4.39 Å². The Morgan fingerprint density at radius 1 is 1.05 bits per heavy atom. The Balaban J connectivity index is 1.64. The van der Waals surface area contributed by atoms with E-state index in [1.807, 2.05) is 0 Å². The van der Waals surface area contributed by atoms with E-state index in [1.165, 1.54) is 31.4 Å². The SMILES string of the molecule is Nc1ccc(F)cc1OC12CC3CC(CC(C3)C1)C2. The maximum atomic E-state index is 13.4. The normalized spacial score (nSPS) is 39.5. The molecule has 0 saturated heterocycles. The molecular formula is C16H20FNO. The molecule has 0 aliphatic heterocycles. The van der Waals surface area contributed by atoms with Crippen LogP contribution in [0, 0.1) is 23.6 Å². The lowest BCUT2D eigenvalue weighted by Crippen LogP contribution is -2.53. The summed E-state index contributed by atoms with van der Waals surface area (Å²) in [7, 11) is 0. The Morgan fingerprint density at radius 3 is 2.21 bits per heavy atom. The van der Waals surface area contributed by atoms with Gasteiger partial charge in [-0.05, 0) is 68.4 Å². The summed E-state index contributed by atoms with van der Waals surface area (Å²) in [4.78, 5) is 0. The van der Waals surface area contributed by atoms with Crippen LogP contribution in [0.3, 0.4) is 0 Å². The molecule has 102 valence electrons. The van der Waals surface area contributed by atoms with E-state index in [1.54, 1.807) is 6.07 Å². The first-order valence-corrected chi connectivity index (χ1v) is 7.36. The monoisotopic (exact) mass is 261 g/mol. The molecule has 0 spiro atoms. The largest absolute Gasteiger partial charge is 0.485 e. The number of rotatable bonds is 2. The number of nitrogens with two attached hydrogens (primary N) is 1. The van der Waals surface area contributed by atoms with Gasteiger partial charge in [-0.2, -0.15) is 0 Å². The second-order valence-corrected chi connectivity index (χ2v) is 6.88. The van der Waals surface area contributed by atoms with Crippen molar-refractivity contribution in [3.63, 3.8) is 0 Å². The zero-order valence-electron chi connectivity index (χ0n) is 11.1. The highest BCUT2D eigenvalue weighted by molar-refractivity contribution is 5.52. The van der Waals surface area contributed by atoms with Crippen molar-refractivity contribution in [3.8, 4) is 5.75 Å². The van der Waals surface area contributed by atoms with Gasteiger partial charge in [-0.3, -0.25) is 0 Å². The summed E-state index contributed by atoms with van der Waals surface area (Å²) in [5, 5.41) is 0. The Kier molecular flexibility index (Phi) is 2.36. The van der Waals surface area contributed by atoms with Crippen LogP contribution in [0.4, 0.5) is 10.1 Å². The van der Waals surface area contributed by atoms with E-state index in [4.69, 9.17) is 10.5 Å². The summed E-state index contributed by atoms with van der Waals surface area (Å²) < 4.78 is 19.6. The predicted octanol–water partition coefficient (Wildman–Crippen LogP) is 3.76. The van der Waals surface area contributed by atoms with Crippen LogP contribution in [0.1, 0.15) is 38.5 Å². The zero-order valence-corrected chi connectivity index (χ0v) is 11.1. The molecule has 0 unspecified atom stereocenters. The molecule has 0 atom stereocenters. The second kappa shape index (κ2) is 3.87. The van der Waals surface area contributed by atoms with Crippen LogP contribution in [0.25, 0.3) is 0 Å². The number of anilines is 1. The quantitative estimate of drug-likeness (QED) is 0.823. The number of benzene rings is 1. The van der Waals surface area contributed by atoms with E-state index < -0.39 is 0 Å². The van der Waals surface area contributed by atoms with Gasteiger partial charge >= 0.3 is 0 Å². The van der Waals surface area contributed by atoms with Crippen LogP contribution in [0.2, 0.25) is 0 Å². The van der Waals surface area contributed by atoms with Gasteiger partial charge < -0.3 is 10.5 Å². The van der Waals surface area contributed by atoms with Crippen LogP contribution in [0.15, 0.2) is 18.2 Å². The fourth-order valence-corrected chi connectivity index (χ4v) is 4.99. The number of hydrogen-bond acceptors (Lipinski definition) is 2. The van der Waals surface area contributed by atoms with Crippen molar-refractivity contribution in [3.05, 3.63) is 24.0 Å². The molecule has 4 bridgehead atoms. The Bertz CT molecular complexity index is 478. The molecule has 0 heterocycles. The minimum absolute atomic E-state index is 0.0589. The van der Waals surface area contributed by atoms with Crippen LogP contribution in [-0.2, 0) is 0 Å². The third-order valence-corrected chi connectivity index (χ3v) is 5.28. The highest BCUT2D eigenvalue weighted by Crippen LogP contribution is 2.57. The van der Waals surface area contributed by atoms with Crippen molar-refractivity contribution in [1.82, 2.24) is 0 Å². The number of ether oxygens (including phenoxy) is 1. The van der Waals surface area contributed by atoms with E-state index in [0.717, 1.165) is 37.0 Å². The van der Waals surface area contributed by atoms with Gasteiger partial charge in [0, 0.05) is 6.07 Å². The van der Waals surface area contributed by atoms with Crippen molar-refractivity contribution >= 4 is 5.69 Å². The van der Waals surface area contributed by atoms with Crippen LogP contribution >= 0.6 is 0 Å². The summed E-state index contributed by atoms with van der Waals surface area (Å²) in [5.74, 6) is 2.74. The zero-order chi connectivity index (χ0) is 13.0. The first-order valence-electron chi connectivity index (χ1n) is 7.36. The van der Waals surface area contributed by atoms with Gasteiger partial charge in [0.15, 0.2) is 0 Å². The number of nitrogen functional groups attached to an aromatic ring is 1. The lowest BCUT2D eigenvalue weighted by Gasteiger charge is -2.56. The highest BCUT2D eigenvalue weighted by Gasteiger charge is 2.52. The molecule has 5 rings (SSSR count). The Morgan fingerprint density at radius 2 is 1.63 bits per heavy atom. The molecule has 3 heteroatoms. The van der Waals surface area contributed by atoms with E-state index in [2.05, 4.69) is 0 Å². The fraction of sp³-hybridized carbons (Fsp3) is 0.625. The summed E-state index contributed by atoms with van der Waals surface area (Å²) >= 11 is 0. The van der Waals surface area contributed by atoms with Crippen LogP contribution in [-0.4, -0.2) is 5.60 Å². The topological polar surface area (TPSA) is 35.2 Å². The van der Waals surface area contributed by atoms with Gasteiger partial charge in [-0.1, -0.05) is 0 Å². The molecule has 2 nitrogen and oxygen atoms in total. The maximum absolute atomic E-state index is 13.4. The summed E-state index contributed by atoms with van der Waals surface area (Å²) in [6.45, 7) is 0. The molecule has 0 amide bonds. The summed E-state index contributed by atoms with van der Waals surface area (Å²) in [6, 6.07) is 4.43. The Labute approximate surface area is 113 Å². The van der Waals surface area contributed by atoms with Crippen molar-refractivity contribution in [1.29, 1.82) is 0 Å². The molecular weight excluding hydrogens is 241 g/mol. The Hall–Kier alpha value is -1.25. The summed E-state index contributed by atoms with van der Waals surface area (Å²) in [6.07, 6.45) is 7.53. The van der Waals surface area contributed by atoms with Gasteiger partial charge in [0.25, 0.3) is 0 Å². The third kappa shape index (κ3) is 1.90. The van der Waals surface area contributed by atoms with Crippen molar-refractivity contribution < 1.29 is 9.13 Å². The molecule has 2 N–H and O–H groups in total. The van der Waals surface area contributed by atoms with E-state index >= 15 is 0 Å². The van der Waals surface area contributed by atoms with Gasteiger partial charge in [0.05, 0.1) is 5.69 Å². The minimum atomic E-state index is -0.270. The number of hydrogen-bond donors (Lipinski definition) is 1. The molecule has 4 fully saturated rings. The van der Waals surface area contributed by atoms with Gasteiger partial charge in [0.2, 0.25) is 0 Å². The molecule has 19 heavy (non-hydrogen) atoms. The molecule has 1 aromatic rings. The highest BCUT2D eigenvalue weighted by atomic mass is 19.1. The van der Waals surface area contributed by atoms with Crippen LogP contribution in [0.5, 0.6) is 5.75 Å². The molecule has 4 aliphatic rings. The van der Waals surface area contributed by atoms with Gasteiger partial charge in [-0.15, -0.1) is 0 Å². The third-order valence-electron chi connectivity index (χ3n) is 5.28. The predicted molar refractivity (Wildman–Crippen MR) is 72.3 cm³/mol. The van der Waals surface area contributed by atoms with E-state index in [-0.39, 0.29) is 11.4 Å². The van der Waals surface area contributed by atoms with E-state index in [9.17, 15) is 4.39 Å². The first kappa shape index (κ1) is 11.6. The first-order chi connectivity index (χ1) is 9.12. The fourth-order valence-electron chi connectivity index (χ4n) is 4.99. The lowest BCUT2D eigenvalue weighted by molar-refractivity contribution is -0.107. The molecule has 4 aliphatic carbocycles. The molecule has 0 radical (unpaired) electrons.